The molecule has 0 spiro atoms. The van der Waals surface area contributed by atoms with Gasteiger partial charge in [-0.3, -0.25) is 0 Å². The zero-order chi connectivity index (χ0) is 13.2. The molecule has 102 valence electrons. The number of hydrogen-bond donors (Lipinski definition) is 0. The van der Waals surface area contributed by atoms with E-state index in [0.29, 0.717) is 0 Å². The Balaban J connectivity index is 0.000000341. The summed E-state index contributed by atoms with van der Waals surface area (Å²) in [5, 5.41) is 8.34. The van der Waals surface area contributed by atoms with Crippen LogP contribution in [-0.2, 0) is 0 Å². The highest BCUT2D eigenvalue weighted by molar-refractivity contribution is 6.40. The number of benzene rings is 4. The fourth-order valence-corrected chi connectivity index (χ4v) is 2.67. The third-order valence-corrected chi connectivity index (χ3v) is 3.39. The quantitative estimate of drug-likeness (QED) is 0.258. The summed E-state index contributed by atoms with van der Waals surface area (Å²) in [6, 6.07) is 21.9. The van der Waals surface area contributed by atoms with E-state index in [1.807, 2.05) is 0 Å². The normalized spacial score (nSPS) is 10.3. The highest BCUT2D eigenvalue weighted by Crippen LogP contribution is 2.33. The zero-order valence-corrected chi connectivity index (χ0v) is 13.0. The van der Waals surface area contributed by atoms with E-state index in [9.17, 15) is 0 Å². The first-order valence-corrected chi connectivity index (χ1v) is 7.16. The van der Waals surface area contributed by atoms with Gasteiger partial charge in [0.05, 0.1) is 5.34 Å². The van der Waals surface area contributed by atoms with Crippen LogP contribution in [0.2, 0.25) is 0 Å². The molecule has 0 fully saturated rings. The maximum Gasteiger partial charge on any atom is 0.0967 e. The van der Waals surface area contributed by atoms with Crippen LogP contribution in [0.4, 0.5) is 0 Å². The van der Waals surface area contributed by atoms with Gasteiger partial charge in [-0.25, -0.2) is 0 Å². The van der Waals surface area contributed by atoms with Gasteiger partial charge >= 0.3 is 0 Å². The van der Waals surface area contributed by atoms with Crippen molar-refractivity contribution in [3.8, 4) is 0 Å². The maximum absolute atomic E-state index is 4.76. The van der Waals surface area contributed by atoms with Crippen LogP contribution in [0.25, 0.3) is 32.3 Å². The van der Waals surface area contributed by atoms with Crippen molar-refractivity contribution in [1.29, 1.82) is 0 Å². The molecule has 0 atom stereocenters. The number of alkyl halides is 2. The highest BCUT2D eigenvalue weighted by Gasteiger charge is 2.05. The molecule has 0 unspecified atom stereocenters. The second-order valence-corrected chi connectivity index (χ2v) is 5.20. The molecule has 0 N–H and O–H groups in total. The lowest BCUT2D eigenvalue weighted by Crippen LogP contribution is -1.82. The molecule has 4 aromatic carbocycles. The molecule has 0 saturated heterocycles. The Kier molecular flexibility index (Phi) is 4.93. The summed E-state index contributed by atoms with van der Waals surface area (Å²) in [5.41, 5.74) is 0. The molecule has 0 aliphatic heterocycles. The lowest BCUT2D eigenvalue weighted by molar-refractivity contribution is 1.78. The molecule has 0 aliphatic rings. The van der Waals surface area contributed by atoms with Gasteiger partial charge in [0, 0.05) is 0 Å². The van der Waals surface area contributed by atoms with Gasteiger partial charge in [0.15, 0.2) is 0 Å². The molecule has 0 aliphatic carbocycles. The van der Waals surface area contributed by atoms with Gasteiger partial charge in [0.2, 0.25) is 0 Å². The smallest absolute Gasteiger partial charge is 0.0967 e. The third-order valence-electron chi connectivity index (χ3n) is 3.39. The molecule has 4 aromatic rings. The molecule has 0 amide bonds. The topological polar surface area (TPSA) is 0 Å². The van der Waals surface area contributed by atoms with E-state index >= 15 is 0 Å². The van der Waals surface area contributed by atoms with Crippen LogP contribution in [0.5, 0.6) is 0 Å². The maximum atomic E-state index is 4.76. The molecular weight excluding hydrogens is 311 g/mol. The molecule has 0 nitrogen and oxygen atoms in total. The van der Waals surface area contributed by atoms with Crippen molar-refractivity contribution in [2.45, 2.75) is 0 Å². The van der Waals surface area contributed by atoms with Gasteiger partial charge in [-0.2, -0.15) is 0 Å². The van der Waals surface area contributed by atoms with Crippen LogP contribution in [-0.4, -0.2) is 5.34 Å². The minimum atomic E-state index is 0. The number of halogens is 3. The predicted molar refractivity (Wildman–Crippen MR) is 94.0 cm³/mol. The molecule has 0 saturated carbocycles. The third kappa shape index (κ3) is 2.52. The molecular formula is C17H13Cl3. The first-order chi connectivity index (χ1) is 9.35. The van der Waals surface area contributed by atoms with Crippen molar-refractivity contribution in [3.63, 3.8) is 0 Å². The van der Waals surface area contributed by atoms with Crippen LogP contribution in [0.3, 0.4) is 0 Å². The van der Waals surface area contributed by atoms with Crippen LogP contribution >= 0.6 is 35.6 Å². The average molecular weight is 324 g/mol. The highest BCUT2D eigenvalue weighted by atomic mass is 35.5. The minimum absolute atomic E-state index is 0. The van der Waals surface area contributed by atoms with Gasteiger partial charge < -0.3 is 0 Å². The summed E-state index contributed by atoms with van der Waals surface area (Å²) < 4.78 is 0. The van der Waals surface area contributed by atoms with Crippen LogP contribution in [0.15, 0.2) is 60.7 Å². The van der Waals surface area contributed by atoms with Crippen molar-refractivity contribution in [3.05, 3.63) is 60.7 Å². The summed E-state index contributed by atoms with van der Waals surface area (Å²) in [6.45, 7) is 0. The van der Waals surface area contributed by atoms with Gasteiger partial charge in [-0.1, -0.05) is 60.7 Å². The van der Waals surface area contributed by atoms with Crippen LogP contribution in [0, 0.1) is 0 Å². The van der Waals surface area contributed by atoms with Crippen molar-refractivity contribution in [1.82, 2.24) is 0 Å². The largest absolute Gasteiger partial charge is 0.147 e. The fourth-order valence-electron chi connectivity index (χ4n) is 2.67. The van der Waals surface area contributed by atoms with Gasteiger partial charge in [-0.15, -0.1) is 35.6 Å². The summed E-state index contributed by atoms with van der Waals surface area (Å²) in [5.74, 6) is 0. The molecule has 4 rings (SSSR count). The van der Waals surface area contributed by atoms with Crippen molar-refractivity contribution < 1.29 is 0 Å². The predicted octanol–water partition coefficient (Wildman–Crippen LogP) is 6.43. The van der Waals surface area contributed by atoms with Crippen LogP contribution < -0.4 is 0 Å². The number of hydrogen-bond acceptors (Lipinski definition) is 0. The summed E-state index contributed by atoms with van der Waals surface area (Å²) in [6.07, 6.45) is 0. The average Bonchev–Trinajstić information content (AvgIpc) is 2.46. The van der Waals surface area contributed by atoms with E-state index in [0.717, 1.165) is 0 Å². The Morgan fingerprint density at radius 1 is 0.550 bits per heavy atom. The lowest BCUT2D eigenvalue weighted by Gasteiger charge is -2.09. The Bertz CT molecular complexity index is 694. The van der Waals surface area contributed by atoms with Gasteiger partial charge in [0.1, 0.15) is 0 Å². The monoisotopic (exact) mass is 322 g/mol. The van der Waals surface area contributed by atoms with E-state index in [1.54, 1.807) is 0 Å². The van der Waals surface area contributed by atoms with E-state index in [4.69, 9.17) is 23.2 Å². The Morgan fingerprint density at radius 3 is 1.05 bits per heavy atom. The first kappa shape index (κ1) is 15.2. The molecule has 20 heavy (non-hydrogen) atoms. The second kappa shape index (κ2) is 6.49. The molecule has 0 heterocycles. The standard InChI is InChI=1S/C16H10.CH2Cl2.ClH/c1-3-11-7-9-13-5-2-6-14-10-8-12(4-1)15(11)16(13)14;2-1-3;/h1-10H;1H2;1H. The summed E-state index contributed by atoms with van der Waals surface area (Å²) >= 11 is 9.53. The fraction of sp³-hybridized carbons (Fsp3) is 0.0588. The first-order valence-electron chi connectivity index (χ1n) is 6.09. The molecule has 3 heteroatoms. The van der Waals surface area contributed by atoms with Gasteiger partial charge in [0.25, 0.3) is 0 Å². The molecule has 0 radical (unpaired) electrons. The molecule has 0 aromatic heterocycles. The zero-order valence-electron chi connectivity index (χ0n) is 10.6. The van der Waals surface area contributed by atoms with E-state index in [1.165, 1.54) is 32.3 Å². The lowest BCUT2D eigenvalue weighted by atomic mass is 9.95. The van der Waals surface area contributed by atoms with E-state index in [2.05, 4.69) is 60.7 Å². The van der Waals surface area contributed by atoms with Crippen molar-refractivity contribution in [2.75, 3.05) is 5.34 Å². The Labute approximate surface area is 134 Å². The summed E-state index contributed by atoms with van der Waals surface area (Å²) in [7, 11) is 0. The summed E-state index contributed by atoms with van der Waals surface area (Å²) in [4.78, 5) is 0. The SMILES string of the molecule is Cl.ClCCl.c1cc2ccc3cccc4ccc(c1)c2c34. The van der Waals surface area contributed by atoms with Crippen LogP contribution in [0.1, 0.15) is 0 Å². The Hall–Kier alpha value is -1.21. The van der Waals surface area contributed by atoms with Gasteiger partial charge in [-0.05, 0) is 32.3 Å². The van der Waals surface area contributed by atoms with Crippen molar-refractivity contribution >= 4 is 67.9 Å². The van der Waals surface area contributed by atoms with Crippen molar-refractivity contribution in [2.24, 2.45) is 0 Å². The Morgan fingerprint density at radius 2 is 0.800 bits per heavy atom. The second-order valence-electron chi connectivity index (χ2n) is 4.39. The van der Waals surface area contributed by atoms with E-state index in [-0.39, 0.29) is 17.7 Å². The number of rotatable bonds is 0. The molecule has 0 bridgehead atoms. The van der Waals surface area contributed by atoms with E-state index < -0.39 is 0 Å². The minimum Gasteiger partial charge on any atom is -0.147 e.